The molecule has 31 heavy (non-hydrogen) atoms. The molecule has 2 aromatic carbocycles. The SMILES string of the molecule is O=C(OCC(=O)C(Cc1ccccc1)NC(=O)c1ccccc1)OC(=O)[C@@H]1CCCN1. The van der Waals surface area contributed by atoms with Crippen LogP contribution in [-0.4, -0.2) is 49.1 Å². The quantitative estimate of drug-likeness (QED) is 0.493. The number of nitrogens with one attached hydrogen (secondary N) is 2. The largest absolute Gasteiger partial charge is 0.516 e. The monoisotopic (exact) mass is 424 g/mol. The summed E-state index contributed by atoms with van der Waals surface area (Å²) < 4.78 is 9.46. The van der Waals surface area contributed by atoms with E-state index in [1.165, 1.54) is 0 Å². The van der Waals surface area contributed by atoms with Crippen molar-refractivity contribution in [2.75, 3.05) is 13.2 Å². The van der Waals surface area contributed by atoms with E-state index in [2.05, 4.69) is 15.4 Å². The minimum Gasteiger partial charge on any atom is -0.426 e. The number of carbonyl (C=O) groups is 4. The van der Waals surface area contributed by atoms with Gasteiger partial charge in [-0.3, -0.25) is 9.59 Å². The molecule has 1 aliphatic heterocycles. The highest BCUT2D eigenvalue weighted by atomic mass is 16.7. The molecule has 0 saturated carbocycles. The molecule has 3 rings (SSSR count). The summed E-state index contributed by atoms with van der Waals surface area (Å²) in [5, 5.41) is 5.61. The second kappa shape index (κ2) is 11.0. The molecule has 2 N–H and O–H groups in total. The zero-order valence-electron chi connectivity index (χ0n) is 16.9. The second-order valence-corrected chi connectivity index (χ2v) is 7.16. The third-order valence-corrected chi connectivity index (χ3v) is 4.87. The lowest BCUT2D eigenvalue weighted by molar-refractivity contribution is -0.143. The first kappa shape index (κ1) is 22.2. The average Bonchev–Trinajstić information content (AvgIpc) is 3.33. The molecule has 0 radical (unpaired) electrons. The summed E-state index contributed by atoms with van der Waals surface area (Å²) in [6, 6.07) is 16.2. The predicted octanol–water partition coefficient (Wildman–Crippen LogP) is 2.03. The zero-order chi connectivity index (χ0) is 22.1. The van der Waals surface area contributed by atoms with Crippen LogP contribution >= 0.6 is 0 Å². The molecular weight excluding hydrogens is 400 g/mol. The molecule has 1 amide bonds. The molecule has 162 valence electrons. The molecule has 0 aromatic heterocycles. The van der Waals surface area contributed by atoms with E-state index >= 15 is 0 Å². The van der Waals surface area contributed by atoms with Crippen LogP contribution in [-0.2, 0) is 25.5 Å². The average molecular weight is 424 g/mol. The molecule has 1 saturated heterocycles. The number of ether oxygens (including phenoxy) is 2. The maximum absolute atomic E-state index is 12.7. The molecule has 1 aliphatic rings. The number of Topliss-reactive ketones (excluding diaryl/α,β-unsaturated/α-hetero) is 1. The number of hydrogen-bond donors (Lipinski definition) is 2. The fourth-order valence-electron chi connectivity index (χ4n) is 3.23. The van der Waals surface area contributed by atoms with Crippen LogP contribution in [0.1, 0.15) is 28.8 Å². The Labute approximate surface area is 179 Å². The molecule has 2 atom stereocenters. The van der Waals surface area contributed by atoms with Gasteiger partial charge in [-0.15, -0.1) is 0 Å². The van der Waals surface area contributed by atoms with Crippen molar-refractivity contribution in [1.82, 2.24) is 10.6 Å². The molecule has 1 heterocycles. The Morgan fingerprint density at radius 1 is 1.00 bits per heavy atom. The number of rotatable bonds is 8. The van der Waals surface area contributed by atoms with Crippen molar-refractivity contribution < 1.29 is 28.7 Å². The second-order valence-electron chi connectivity index (χ2n) is 7.16. The number of esters is 1. The highest BCUT2D eigenvalue weighted by Gasteiger charge is 2.28. The van der Waals surface area contributed by atoms with Crippen molar-refractivity contribution >= 4 is 23.8 Å². The first-order valence-corrected chi connectivity index (χ1v) is 10.1. The van der Waals surface area contributed by atoms with Gasteiger partial charge in [-0.05, 0) is 43.5 Å². The van der Waals surface area contributed by atoms with E-state index < -0.39 is 42.5 Å². The summed E-state index contributed by atoms with van der Waals surface area (Å²) in [5.74, 6) is -1.66. The van der Waals surface area contributed by atoms with Gasteiger partial charge in [0.05, 0.1) is 6.04 Å². The van der Waals surface area contributed by atoms with E-state index in [1.807, 2.05) is 30.3 Å². The smallest absolute Gasteiger partial charge is 0.426 e. The summed E-state index contributed by atoms with van der Waals surface area (Å²) in [7, 11) is 0. The predicted molar refractivity (Wildman–Crippen MR) is 111 cm³/mol. The lowest BCUT2D eigenvalue weighted by Gasteiger charge is -2.18. The maximum atomic E-state index is 12.7. The molecule has 8 nitrogen and oxygen atoms in total. The molecule has 2 aromatic rings. The highest BCUT2D eigenvalue weighted by molar-refractivity contribution is 5.98. The Morgan fingerprint density at radius 2 is 1.68 bits per heavy atom. The third-order valence-electron chi connectivity index (χ3n) is 4.87. The summed E-state index contributed by atoms with van der Waals surface area (Å²) in [4.78, 5) is 48.9. The topological polar surface area (TPSA) is 111 Å². The fraction of sp³-hybridized carbons (Fsp3) is 0.304. The molecule has 0 bridgehead atoms. The van der Waals surface area contributed by atoms with Crippen molar-refractivity contribution in [3.05, 3.63) is 71.8 Å². The van der Waals surface area contributed by atoms with Crippen LogP contribution in [0.2, 0.25) is 0 Å². The van der Waals surface area contributed by atoms with Crippen LogP contribution in [0.25, 0.3) is 0 Å². The Bertz CT molecular complexity index is 910. The van der Waals surface area contributed by atoms with Gasteiger partial charge >= 0.3 is 12.1 Å². The number of hydrogen-bond acceptors (Lipinski definition) is 7. The van der Waals surface area contributed by atoms with Crippen LogP contribution in [0.15, 0.2) is 60.7 Å². The van der Waals surface area contributed by atoms with Gasteiger partial charge in [0.15, 0.2) is 12.4 Å². The van der Waals surface area contributed by atoms with Crippen LogP contribution in [0, 0.1) is 0 Å². The van der Waals surface area contributed by atoms with Crippen molar-refractivity contribution in [1.29, 1.82) is 0 Å². The van der Waals surface area contributed by atoms with Crippen LogP contribution in [0.4, 0.5) is 4.79 Å². The Balaban J connectivity index is 1.59. The van der Waals surface area contributed by atoms with E-state index in [4.69, 9.17) is 4.74 Å². The normalized spacial score (nSPS) is 16.2. The van der Waals surface area contributed by atoms with Gasteiger partial charge in [-0.1, -0.05) is 48.5 Å². The van der Waals surface area contributed by atoms with Gasteiger partial charge in [0.2, 0.25) is 0 Å². The summed E-state index contributed by atoms with van der Waals surface area (Å²) in [5.41, 5.74) is 1.24. The molecule has 1 fully saturated rings. The van der Waals surface area contributed by atoms with Gasteiger partial charge in [-0.2, -0.15) is 0 Å². The lowest BCUT2D eigenvalue weighted by atomic mass is 10.0. The number of benzene rings is 2. The van der Waals surface area contributed by atoms with Gasteiger partial charge < -0.3 is 20.1 Å². The summed E-state index contributed by atoms with van der Waals surface area (Å²) in [6.07, 6.45) is 0.382. The molecule has 1 unspecified atom stereocenters. The van der Waals surface area contributed by atoms with Gasteiger partial charge in [0.25, 0.3) is 5.91 Å². The Morgan fingerprint density at radius 3 is 2.32 bits per heavy atom. The van der Waals surface area contributed by atoms with E-state index in [0.717, 1.165) is 12.0 Å². The first-order chi connectivity index (χ1) is 15.0. The van der Waals surface area contributed by atoms with Crippen molar-refractivity contribution in [3.63, 3.8) is 0 Å². The minimum atomic E-state index is -1.24. The fourth-order valence-corrected chi connectivity index (χ4v) is 3.23. The molecular formula is C23H24N2O6. The number of carbonyl (C=O) groups excluding carboxylic acids is 4. The van der Waals surface area contributed by atoms with E-state index in [0.29, 0.717) is 18.5 Å². The van der Waals surface area contributed by atoms with E-state index in [1.54, 1.807) is 30.3 Å². The third kappa shape index (κ3) is 6.75. The van der Waals surface area contributed by atoms with E-state index in [9.17, 15) is 19.2 Å². The van der Waals surface area contributed by atoms with Crippen molar-refractivity contribution in [2.24, 2.45) is 0 Å². The van der Waals surface area contributed by atoms with Crippen LogP contribution in [0.5, 0.6) is 0 Å². The van der Waals surface area contributed by atoms with Crippen molar-refractivity contribution in [2.45, 2.75) is 31.3 Å². The van der Waals surface area contributed by atoms with Gasteiger partial charge in [0.1, 0.15) is 6.04 Å². The van der Waals surface area contributed by atoms with E-state index in [-0.39, 0.29) is 6.42 Å². The Hall–Kier alpha value is -3.52. The molecule has 0 aliphatic carbocycles. The van der Waals surface area contributed by atoms with Crippen molar-refractivity contribution in [3.8, 4) is 0 Å². The molecule has 8 heteroatoms. The van der Waals surface area contributed by atoms with Crippen LogP contribution in [0.3, 0.4) is 0 Å². The minimum absolute atomic E-state index is 0.224. The molecule has 0 spiro atoms. The van der Waals surface area contributed by atoms with Crippen LogP contribution < -0.4 is 10.6 Å². The highest BCUT2D eigenvalue weighted by Crippen LogP contribution is 2.09. The van der Waals surface area contributed by atoms with Gasteiger partial charge in [0, 0.05) is 5.56 Å². The Kier molecular flexibility index (Phi) is 7.89. The first-order valence-electron chi connectivity index (χ1n) is 10.1. The number of amides is 1. The lowest BCUT2D eigenvalue weighted by Crippen LogP contribution is -2.44. The summed E-state index contributed by atoms with van der Waals surface area (Å²) >= 11 is 0. The number of ketones is 1. The van der Waals surface area contributed by atoms with Gasteiger partial charge in [-0.25, -0.2) is 9.59 Å². The summed E-state index contributed by atoms with van der Waals surface area (Å²) in [6.45, 7) is 0.0480. The maximum Gasteiger partial charge on any atom is 0.516 e. The zero-order valence-corrected chi connectivity index (χ0v) is 16.9. The standard InChI is InChI=1S/C23H24N2O6/c26-20(15-30-23(29)31-22(28)18-12-7-13-24-18)19(14-16-8-3-1-4-9-16)25-21(27)17-10-5-2-6-11-17/h1-6,8-11,18-19,24H,7,12-15H2,(H,25,27)/t18-,19?/m0/s1.